The number of nitrogens with one attached hydrogen (secondary N) is 1. The standard InChI is InChI=1S/C29H24ClN3O3S/c1-35-22-12-13-27(36-2)24(16-22)23-17-26(19-6-4-3-5-7-19)33-29(25(23)18-31)37-15-14-28(34)32-21-10-8-20(30)9-11-21/h3-13,16-17H,14-15H2,1-2H3,(H,32,34). The van der Waals surface area contributed by atoms with Gasteiger partial charge in [0, 0.05) is 39.6 Å². The summed E-state index contributed by atoms with van der Waals surface area (Å²) in [6, 6.07) is 26.4. The van der Waals surface area contributed by atoms with Crippen molar-refractivity contribution in [2.75, 3.05) is 25.3 Å². The number of nitriles is 1. The number of methoxy groups -OCH3 is 2. The number of aromatic nitrogens is 1. The van der Waals surface area contributed by atoms with Crippen molar-refractivity contribution in [1.29, 1.82) is 5.26 Å². The monoisotopic (exact) mass is 529 g/mol. The Morgan fingerprint density at radius 1 is 1.00 bits per heavy atom. The minimum Gasteiger partial charge on any atom is -0.497 e. The molecule has 1 heterocycles. The molecule has 0 saturated heterocycles. The zero-order valence-corrected chi connectivity index (χ0v) is 21.9. The van der Waals surface area contributed by atoms with E-state index in [1.165, 1.54) is 11.8 Å². The summed E-state index contributed by atoms with van der Waals surface area (Å²) in [4.78, 5) is 17.3. The Bertz CT molecular complexity index is 1440. The predicted octanol–water partition coefficient (Wildman–Crippen LogP) is 7.08. The normalized spacial score (nSPS) is 10.4. The Kier molecular flexibility index (Phi) is 8.68. The molecular formula is C29H24ClN3O3S. The lowest BCUT2D eigenvalue weighted by Crippen LogP contribution is -2.12. The van der Waals surface area contributed by atoms with Gasteiger partial charge in [-0.05, 0) is 48.5 Å². The van der Waals surface area contributed by atoms with Gasteiger partial charge in [-0.1, -0.05) is 41.9 Å². The largest absolute Gasteiger partial charge is 0.497 e. The van der Waals surface area contributed by atoms with Crippen molar-refractivity contribution >= 4 is 35.0 Å². The summed E-state index contributed by atoms with van der Waals surface area (Å²) in [6.07, 6.45) is 0.243. The number of anilines is 1. The summed E-state index contributed by atoms with van der Waals surface area (Å²) in [7, 11) is 3.18. The Balaban J connectivity index is 1.67. The van der Waals surface area contributed by atoms with Gasteiger partial charge in [-0.25, -0.2) is 4.98 Å². The molecule has 0 radical (unpaired) electrons. The zero-order chi connectivity index (χ0) is 26.2. The molecule has 186 valence electrons. The number of pyridine rings is 1. The van der Waals surface area contributed by atoms with Crippen LogP contribution in [-0.2, 0) is 4.79 Å². The smallest absolute Gasteiger partial charge is 0.225 e. The number of ether oxygens (including phenoxy) is 2. The van der Waals surface area contributed by atoms with Crippen molar-refractivity contribution in [3.63, 3.8) is 0 Å². The molecule has 0 saturated carbocycles. The van der Waals surface area contributed by atoms with Crippen molar-refractivity contribution in [2.45, 2.75) is 11.4 Å². The number of carbonyl (C=O) groups is 1. The molecule has 3 aromatic carbocycles. The maximum Gasteiger partial charge on any atom is 0.225 e. The van der Waals surface area contributed by atoms with Crippen LogP contribution in [0.2, 0.25) is 5.02 Å². The van der Waals surface area contributed by atoms with Gasteiger partial charge in [-0.15, -0.1) is 11.8 Å². The van der Waals surface area contributed by atoms with E-state index in [-0.39, 0.29) is 12.3 Å². The van der Waals surface area contributed by atoms with E-state index in [9.17, 15) is 10.1 Å². The zero-order valence-electron chi connectivity index (χ0n) is 20.3. The van der Waals surface area contributed by atoms with Gasteiger partial charge in [0.1, 0.15) is 22.6 Å². The van der Waals surface area contributed by atoms with Crippen LogP contribution in [0.3, 0.4) is 0 Å². The minimum atomic E-state index is -0.137. The van der Waals surface area contributed by atoms with Crippen molar-refractivity contribution < 1.29 is 14.3 Å². The fourth-order valence-electron chi connectivity index (χ4n) is 3.73. The molecular weight excluding hydrogens is 506 g/mol. The summed E-state index contributed by atoms with van der Waals surface area (Å²) in [6.45, 7) is 0. The molecule has 4 aromatic rings. The van der Waals surface area contributed by atoms with Crippen LogP contribution in [0, 0.1) is 11.3 Å². The lowest BCUT2D eigenvalue weighted by Gasteiger charge is -2.15. The average molecular weight is 530 g/mol. The van der Waals surface area contributed by atoms with Crippen LogP contribution in [0.5, 0.6) is 11.5 Å². The molecule has 37 heavy (non-hydrogen) atoms. The highest BCUT2D eigenvalue weighted by Gasteiger charge is 2.19. The van der Waals surface area contributed by atoms with Gasteiger partial charge < -0.3 is 14.8 Å². The number of benzene rings is 3. The number of carbonyl (C=O) groups excluding carboxylic acids is 1. The van der Waals surface area contributed by atoms with E-state index in [1.54, 1.807) is 38.5 Å². The molecule has 0 fully saturated rings. The number of halogens is 1. The number of hydrogen-bond acceptors (Lipinski definition) is 6. The summed E-state index contributed by atoms with van der Waals surface area (Å²) < 4.78 is 11.0. The van der Waals surface area contributed by atoms with Crippen LogP contribution < -0.4 is 14.8 Å². The first-order valence-corrected chi connectivity index (χ1v) is 12.8. The lowest BCUT2D eigenvalue weighted by atomic mass is 9.98. The Hall–Kier alpha value is -3.99. The van der Waals surface area contributed by atoms with Crippen molar-refractivity contribution in [3.8, 4) is 40.0 Å². The molecule has 1 amide bonds. The van der Waals surface area contributed by atoms with Gasteiger partial charge >= 0.3 is 0 Å². The van der Waals surface area contributed by atoms with Crippen LogP contribution >= 0.6 is 23.4 Å². The fraction of sp³-hybridized carbons (Fsp3) is 0.138. The first-order valence-electron chi connectivity index (χ1n) is 11.4. The van der Waals surface area contributed by atoms with E-state index < -0.39 is 0 Å². The van der Waals surface area contributed by atoms with Crippen LogP contribution in [0.4, 0.5) is 5.69 Å². The predicted molar refractivity (Wildman–Crippen MR) is 148 cm³/mol. The molecule has 1 aromatic heterocycles. The van der Waals surface area contributed by atoms with Gasteiger partial charge in [0.2, 0.25) is 5.91 Å². The van der Waals surface area contributed by atoms with Gasteiger partial charge in [-0.2, -0.15) is 5.26 Å². The molecule has 0 atom stereocenters. The first kappa shape index (κ1) is 26.1. The highest BCUT2D eigenvalue weighted by atomic mass is 35.5. The van der Waals surface area contributed by atoms with E-state index in [4.69, 9.17) is 26.1 Å². The lowest BCUT2D eigenvalue weighted by molar-refractivity contribution is -0.115. The molecule has 0 bridgehead atoms. The SMILES string of the molecule is COc1ccc(OC)c(-c2cc(-c3ccccc3)nc(SCCC(=O)Nc3ccc(Cl)cc3)c2C#N)c1. The maximum atomic E-state index is 12.5. The molecule has 8 heteroatoms. The van der Waals surface area contributed by atoms with Crippen LogP contribution in [0.15, 0.2) is 83.9 Å². The molecule has 0 spiro atoms. The summed E-state index contributed by atoms with van der Waals surface area (Å²) in [5, 5.41) is 14.2. The summed E-state index contributed by atoms with van der Waals surface area (Å²) >= 11 is 7.28. The summed E-state index contributed by atoms with van der Waals surface area (Å²) in [5.41, 5.74) is 4.12. The molecule has 0 aliphatic rings. The third-order valence-corrected chi connectivity index (χ3v) is 6.79. The number of hydrogen-bond donors (Lipinski definition) is 1. The fourth-order valence-corrected chi connectivity index (χ4v) is 4.79. The molecule has 0 aliphatic carbocycles. The highest BCUT2D eigenvalue weighted by Crippen LogP contribution is 2.40. The van der Waals surface area contributed by atoms with Crippen LogP contribution in [-0.4, -0.2) is 30.9 Å². The van der Waals surface area contributed by atoms with Crippen LogP contribution in [0.1, 0.15) is 12.0 Å². The van der Waals surface area contributed by atoms with Crippen LogP contribution in [0.25, 0.3) is 22.4 Å². The van der Waals surface area contributed by atoms with Gasteiger partial charge in [0.05, 0.1) is 25.5 Å². The quantitative estimate of drug-likeness (QED) is 0.233. The van der Waals surface area contributed by atoms with E-state index in [0.29, 0.717) is 49.8 Å². The highest BCUT2D eigenvalue weighted by molar-refractivity contribution is 7.99. The van der Waals surface area contributed by atoms with Gasteiger partial charge in [0.25, 0.3) is 0 Å². The Morgan fingerprint density at radius 2 is 1.76 bits per heavy atom. The van der Waals surface area contributed by atoms with E-state index in [1.807, 2.05) is 54.6 Å². The van der Waals surface area contributed by atoms with Crippen molar-refractivity contribution in [2.24, 2.45) is 0 Å². The molecule has 4 rings (SSSR count). The number of nitrogens with zero attached hydrogens (tertiary/aromatic N) is 2. The summed E-state index contributed by atoms with van der Waals surface area (Å²) in [5.74, 6) is 1.56. The van der Waals surface area contributed by atoms with Gasteiger partial charge in [-0.3, -0.25) is 4.79 Å². The molecule has 0 unspecified atom stereocenters. The molecule has 0 aliphatic heterocycles. The Labute approximate surface area is 225 Å². The first-order chi connectivity index (χ1) is 18.0. The second-order valence-electron chi connectivity index (χ2n) is 7.93. The topological polar surface area (TPSA) is 84.2 Å². The number of thioether (sulfide) groups is 1. The van der Waals surface area contributed by atoms with Crippen molar-refractivity contribution in [3.05, 3.63) is 89.4 Å². The second-order valence-corrected chi connectivity index (χ2v) is 9.45. The second kappa shape index (κ2) is 12.3. The number of rotatable bonds is 9. The van der Waals surface area contributed by atoms with E-state index >= 15 is 0 Å². The minimum absolute atomic E-state index is 0.137. The maximum absolute atomic E-state index is 12.5. The third kappa shape index (κ3) is 6.42. The van der Waals surface area contributed by atoms with Crippen molar-refractivity contribution in [1.82, 2.24) is 4.98 Å². The van der Waals surface area contributed by atoms with E-state index in [2.05, 4.69) is 11.4 Å². The average Bonchev–Trinajstić information content (AvgIpc) is 2.94. The Morgan fingerprint density at radius 3 is 2.43 bits per heavy atom. The molecule has 1 N–H and O–H groups in total. The molecule has 6 nitrogen and oxygen atoms in total. The number of amides is 1. The van der Waals surface area contributed by atoms with Gasteiger partial charge in [0.15, 0.2) is 0 Å². The van der Waals surface area contributed by atoms with E-state index in [0.717, 1.165) is 11.1 Å². The third-order valence-electron chi connectivity index (χ3n) is 5.56.